The molecular formula is C15H21NO2. The molecule has 0 bridgehead atoms. The van der Waals surface area contributed by atoms with Gasteiger partial charge in [0.05, 0.1) is 13.2 Å². The van der Waals surface area contributed by atoms with E-state index in [0.29, 0.717) is 12.0 Å². The molecule has 18 heavy (non-hydrogen) atoms. The van der Waals surface area contributed by atoms with Crippen LogP contribution in [0.1, 0.15) is 30.7 Å². The zero-order valence-corrected chi connectivity index (χ0v) is 10.7. The summed E-state index contributed by atoms with van der Waals surface area (Å²) in [4.78, 5) is 0. The molecule has 1 unspecified atom stereocenters. The minimum Gasteiger partial charge on any atom is -0.490 e. The van der Waals surface area contributed by atoms with Crippen LogP contribution in [0.3, 0.4) is 0 Å². The molecule has 1 atom stereocenters. The third-order valence-corrected chi connectivity index (χ3v) is 3.86. The van der Waals surface area contributed by atoms with Crippen molar-refractivity contribution in [2.75, 3.05) is 26.3 Å². The van der Waals surface area contributed by atoms with Gasteiger partial charge in [-0.15, -0.1) is 0 Å². The van der Waals surface area contributed by atoms with Crippen LogP contribution in [-0.4, -0.2) is 32.4 Å². The zero-order chi connectivity index (χ0) is 12.2. The maximum Gasteiger partial charge on any atom is 0.120 e. The third kappa shape index (κ3) is 2.85. The third-order valence-electron chi connectivity index (χ3n) is 3.86. The first kappa shape index (κ1) is 12.0. The first-order valence-corrected chi connectivity index (χ1v) is 6.97. The summed E-state index contributed by atoms with van der Waals surface area (Å²) in [5, 5.41) is 3.41. The van der Waals surface area contributed by atoms with Crippen molar-refractivity contribution in [3.63, 3.8) is 0 Å². The average molecular weight is 247 g/mol. The van der Waals surface area contributed by atoms with E-state index in [4.69, 9.17) is 9.47 Å². The Labute approximate surface area is 108 Å². The molecule has 0 spiro atoms. The average Bonchev–Trinajstić information content (AvgIpc) is 2.94. The van der Waals surface area contributed by atoms with Crippen LogP contribution in [0.2, 0.25) is 0 Å². The summed E-state index contributed by atoms with van der Waals surface area (Å²) >= 11 is 0. The largest absolute Gasteiger partial charge is 0.490 e. The predicted octanol–water partition coefficient (Wildman–Crippen LogP) is 2.32. The van der Waals surface area contributed by atoms with E-state index in [1.54, 1.807) is 0 Å². The maximum atomic E-state index is 6.06. The van der Waals surface area contributed by atoms with Crippen LogP contribution in [0.4, 0.5) is 0 Å². The van der Waals surface area contributed by atoms with Crippen molar-refractivity contribution in [3.05, 3.63) is 29.8 Å². The molecule has 0 amide bonds. The van der Waals surface area contributed by atoms with Crippen LogP contribution < -0.4 is 10.1 Å². The van der Waals surface area contributed by atoms with Crippen LogP contribution in [0.5, 0.6) is 5.75 Å². The van der Waals surface area contributed by atoms with E-state index in [9.17, 15) is 0 Å². The van der Waals surface area contributed by atoms with Crippen molar-refractivity contribution >= 4 is 0 Å². The number of hydrogen-bond donors (Lipinski definition) is 1. The van der Waals surface area contributed by atoms with Crippen LogP contribution in [-0.2, 0) is 4.74 Å². The summed E-state index contributed by atoms with van der Waals surface area (Å²) in [6.07, 6.45) is 3.58. The van der Waals surface area contributed by atoms with Crippen molar-refractivity contribution in [1.29, 1.82) is 0 Å². The highest BCUT2D eigenvalue weighted by atomic mass is 16.5. The Bertz CT molecular complexity index is 382. The molecule has 1 aromatic rings. The topological polar surface area (TPSA) is 30.5 Å². The Morgan fingerprint density at radius 1 is 1.17 bits per heavy atom. The quantitative estimate of drug-likeness (QED) is 0.889. The van der Waals surface area contributed by atoms with E-state index in [1.807, 2.05) is 0 Å². The molecule has 98 valence electrons. The van der Waals surface area contributed by atoms with Crippen LogP contribution in [0, 0.1) is 0 Å². The summed E-state index contributed by atoms with van der Waals surface area (Å²) in [5.74, 6) is 1.68. The van der Waals surface area contributed by atoms with E-state index in [2.05, 4.69) is 29.6 Å². The number of hydrogen-bond acceptors (Lipinski definition) is 3. The molecule has 2 fully saturated rings. The number of nitrogens with one attached hydrogen (secondary N) is 1. The van der Waals surface area contributed by atoms with Gasteiger partial charge < -0.3 is 14.8 Å². The van der Waals surface area contributed by atoms with E-state index < -0.39 is 0 Å². The summed E-state index contributed by atoms with van der Waals surface area (Å²) in [6.45, 7) is 3.89. The normalized spacial score (nSPS) is 25.2. The van der Waals surface area contributed by atoms with Crippen molar-refractivity contribution < 1.29 is 9.47 Å². The molecule has 2 aliphatic heterocycles. The SMILES string of the molecule is c1cc(OC2CCOCC2)cc(C2CCNC2)c1. The van der Waals surface area contributed by atoms with E-state index in [1.165, 1.54) is 12.0 Å². The number of ether oxygens (including phenoxy) is 2. The standard InChI is InChI=1S/C15H21NO2/c1-2-12(13-4-7-16-11-13)10-15(3-1)18-14-5-8-17-9-6-14/h1-3,10,13-14,16H,4-9,11H2. The van der Waals surface area contributed by atoms with Crippen LogP contribution in [0.25, 0.3) is 0 Å². The van der Waals surface area contributed by atoms with Crippen molar-refractivity contribution in [2.24, 2.45) is 0 Å². The second kappa shape index (κ2) is 5.72. The van der Waals surface area contributed by atoms with Crippen molar-refractivity contribution in [1.82, 2.24) is 5.32 Å². The van der Waals surface area contributed by atoms with E-state index in [0.717, 1.165) is 44.9 Å². The Balaban J connectivity index is 1.66. The van der Waals surface area contributed by atoms with Gasteiger partial charge >= 0.3 is 0 Å². The Hall–Kier alpha value is -1.06. The van der Waals surface area contributed by atoms with Crippen LogP contribution >= 0.6 is 0 Å². The Morgan fingerprint density at radius 3 is 2.83 bits per heavy atom. The molecule has 0 saturated carbocycles. The molecule has 2 aliphatic rings. The van der Waals surface area contributed by atoms with Gasteiger partial charge in [0.1, 0.15) is 11.9 Å². The highest BCUT2D eigenvalue weighted by Gasteiger charge is 2.18. The van der Waals surface area contributed by atoms with Gasteiger partial charge in [-0.25, -0.2) is 0 Å². The van der Waals surface area contributed by atoms with Crippen molar-refractivity contribution in [2.45, 2.75) is 31.3 Å². The zero-order valence-electron chi connectivity index (χ0n) is 10.7. The van der Waals surface area contributed by atoms with Gasteiger partial charge in [0.2, 0.25) is 0 Å². The van der Waals surface area contributed by atoms with E-state index >= 15 is 0 Å². The minimum absolute atomic E-state index is 0.329. The predicted molar refractivity (Wildman–Crippen MR) is 71.1 cm³/mol. The summed E-state index contributed by atoms with van der Waals surface area (Å²) in [6, 6.07) is 8.62. The van der Waals surface area contributed by atoms with Gasteiger partial charge in [-0.05, 0) is 36.6 Å². The lowest BCUT2D eigenvalue weighted by Gasteiger charge is -2.23. The fourth-order valence-electron chi connectivity index (χ4n) is 2.77. The smallest absolute Gasteiger partial charge is 0.120 e. The molecule has 2 heterocycles. The van der Waals surface area contributed by atoms with E-state index in [-0.39, 0.29) is 0 Å². The van der Waals surface area contributed by atoms with Crippen molar-refractivity contribution in [3.8, 4) is 5.75 Å². The Kier molecular flexibility index (Phi) is 3.81. The lowest BCUT2D eigenvalue weighted by molar-refractivity contribution is 0.0255. The van der Waals surface area contributed by atoms with Gasteiger partial charge in [0.25, 0.3) is 0 Å². The molecule has 3 rings (SSSR count). The fourth-order valence-corrected chi connectivity index (χ4v) is 2.77. The lowest BCUT2D eigenvalue weighted by Crippen LogP contribution is -2.25. The van der Waals surface area contributed by atoms with Gasteiger partial charge in [0.15, 0.2) is 0 Å². The molecule has 0 aliphatic carbocycles. The summed E-state index contributed by atoms with van der Waals surface area (Å²) < 4.78 is 11.4. The monoisotopic (exact) mass is 247 g/mol. The molecule has 0 aromatic heterocycles. The second-order valence-electron chi connectivity index (χ2n) is 5.19. The highest BCUT2D eigenvalue weighted by Crippen LogP contribution is 2.26. The number of rotatable bonds is 3. The van der Waals surface area contributed by atoms with Gasteiger partial charge in [0, 0.05) is 19.4 Å². The molecule has 1 aromatic carbocycles. The Morgan fingerprint density at radius 2 is 2.06 bits per heavy atom. The molecule has 1 N–H and O–H groups in total. The second-order valence-corrected chi connectivity index (χ2v) is 5.19. The fraction of sp³-hybridized carbons (Fsp3) is 0.600. The molecular weight excluding hydrogens is 226 g/mol. The van der Waals surface area contributed by atoms with Gasteiger partial charge in [-0.1, -0.05) is 12.1 Å². The molecule has 3 nitrogen and oxygen atoms in total. The first-order valence-electron chi connectivity index (χ1n) is 6.97. The maximum absolute atomic E-state index is 6.06. The number of benzene rings is 1. The summed E-state index contributed by atoms with van der Waals surface area (Å²) in [5.41, 5.74) is 1.41. The van der Waals surface area contributed by atoms with Gasteiger partial charge in [-0.2, -0.15) is 0 Å². The summed E-state index contributed by atoms with van der Waals surface area (Å²) in [7, 11) is 0. The molecule has 0 radical (unpaired) electrons. The van der Waals surface area contributed by atoms with Crippen LogP contribution in [0.15, 0.2) is 24.3 Å². The highest BCUT2D eigenvalue weighted by molar-refractivity contribution is 5.31. The van der Waals surface area contributed by atoms with Gasteiger partial charge in [-0.3, -0.25) is 0 Å². The lowest BCUT2D eigenvalue weighted by atomic mass is 9.98. The molecule has 3 heteroatoms. The minimum atomic E-state index is 0.329. The molecule has 2 saturated heterocycles. The first-order chi connectivity index (χ1) is 8.92.